The zero-order valence-corrected chi connectivity index (χ0v) is 8.49. The summed E-state index contributed by atoms with van der Waals surface area (Å²) in [5.74, 6) is -0.00947. The topological polar surface area (TPSA) is 58.6 Å². The summed E-state index contributed by atoms with van der Waals surface area (Å²) in [4.78, 5) is 10.6. The molecule has 0 bridgehead atoms. The lowest BCUT2D eigenvalue weighted by Gasteiger charge is -2.27. The predicted molar refractivity (Wildman–Crippen MR) is 56.3 cm³/mol. The summed E-state index contributed by atoms with van der Waals surface area (Å²) in [5, 5.41) is 11.9. The lowest BCUT2D eigenvalue weighted by molar-refractivity contribution is -0.137. The molecule has 80 valence electrons. The number of aliphatic carboxylic acids is 1. The molecule has 0 saturated heterocycles. The highest BCUT2D eigenvalue weighted by atomic mass is 16.5. The maximum atomic E-state index is 10.6. The smallest absolute Gasteiger partial charge is 0.305 e. The monoisotopic (exact) mass is 207 g/mol. The lowest BCUT2D eigenvalue weighted by Crippen LogP contribution is -2.33. The largest absolute Gasteiger partial charge is 0.489 e. The van der Waals surface area contributed by atoms with Gasteiger partial charge in [0.2, 0.25) is 0 Å². The van der Waals surface area contributed by atoms with Gasteiger partial charge in [0.15, 0.2) is 0 Å². The van der Waals surface area contributed by atoms with E-state index in [9.17, 15) is 4.79 Å². The molecule has 1 atom stereocenters. The quantitative estimate of drug-likeness (QED) is 0.774. The van der Waals surface area contributed by atoms with E-state index in [1.54, 1.807) is 0 Å². The molecule has 4 heteroatoms. The molecule has 1 aliphatic heterocycles. The Labute approximate surface area is 87.9 Å². The van der Waals surface area contributed by atoms with Gasteiger partial charge in [-0.1, -0.05) is 12.1 Å². The van der Waals surface area contributed by atoms with Gasteiger partial charge in [-0.15, -0.1) is 0 Å². The first-order valence-corrected chi connectivity index (χ1v) is 4.87. The van der Waals surface area contributed by atoms with Gasteiger partial charge in [0.1, 0.15) is 12.4 Å². The summed E-state index contributed by atoms with van der Waals surface area (Å²) in [6, 6.07) is 5.63. The van der Waals surface area contributed by atoms with E-state index in [0.717, 1.165) is 17.0 Å². The van der Waals surface area contributed by atoms with Crippen LogP contribution in [0.5, 0.6) is 5.75 Å². The van der Waals surface area contributed by atoms with Crippen LogP contribution in [0.15, 0.2) is 18.2 Å². The normalized spacial score (nSPS) is 18.6. The summed E-state index contributed by atoms with van der Waals surface area (Å²) < 4.78 is 5.49. The number of fused-ring (bicyclic) bond motifs is 1. The van der Waals surface area contributed by atoms with Crippen LogP contribution in [0.25, 0.3) is 0 Å². The molecule has 0 aliphatic carbocycles. The van der Waals surface area contributed by atoms with Crippen molar-refractivity contribution >= 4 is 11.7 Å². The van der Waals surface area contributed by atoms with Crippen LogP contribution >= 0.6 is 0 Å². The number of nitrogens with one attached hydrogen (secondary N) is 1. The molecular formula is C11H13NO3. The average molecular weight is 207 g/mol. The third-order valence-electron chi connectivity index (χ3n) is 2.44. The minimum Gasteiger partial charge on any atom is -0.489 e. The van der Waals surface area contributed by atoms with Crippen molar-refractivity contribution in [3.8, 4) is 5.75 Å². The van der Waals surface area contributed by atoms with Crippen LogP contribution in [0, 0.1) is 6.92 Å². The number of anilines is 1. The van der Waals surface area contributed by atoms with E-state index in [2.05, 4.69) is 5.32 Å². The Morgan fingerprint density at radius 3 is 3.20 bits per heavy atom. The Morgan fingerprint density at radius 1 is 1.67 bits per heavy atom. The highest BCUT2D eigenvalue weighted by Gasteiger charge is 2.21. The molecule has 1 aliphatic rings. The summed E-state index contributed by atoms with van der Waals surface area (Å²) in [6.45, 7) is 2.38. The highest BCUT2D eigenvalue weighted by molar-refractivity contribution is 5.70. The first-order chi connectivity index (χ1) is 7.16. The average Bonchev–Trinajstić information content (AvgIpc) is 2.18. The van der Waals surface area contributed by atoms with Crippen LogP contribution in [0.4, 0.5) is 5.69 Å². The zero-order valence-electron chi connectivity index (χ0n) is 8.49. The zero-order chi connectivity index (χ0) is 10.8. The minimum atomic E-state index is -0.812. The van der Waals surface area contributed by atoms with Gasteiger partial charge in [-0.05, 0) is 18.6 Å². The van der Waals surface area contributed by atoms with Crippen LogP contribution in [-0.4, -0.2) is 23.7 Å². The number of hydrogen-bond acceptors (Lipinski definition) is 3. The van der Waals surface area contributed by atoms with Crippen LogP contribution in [0.2, 0.25) is 0 Å². The maximum Gasteiger partial charge on any atom is 0.305 e. The van der Waals surface area contributed by atoms with E-state index in [1.165, 1.54) is 0 Å². The maximum absolute atomic E-state index is 10.6. The number of aryl methyl sites for hydroxylation is 1. The van der Waals surface area contributed by atoms with Crippen molar-refractivity contribution in [2.75, 3.05) is 11.9 Å². The molecule has 2 rings (SSSR count). The van der Waals surface area contributed by atoms with Gasteiger partial charge in [-0.3, -0.25) is 4.79 Å². The molecule has 0 saturated carbocycles. The van der Waals surface area contributed by atoms with Crippen molar-refractivity contribution < 1.29 is 14.6 Å². The summed E-state index contributed by atoms with van der Waals surface area (Å²) in [5.41, 5.74) is 1.98. The van der Waals surface area contributed by atoms with Crippen molar-refractivity contribution in [3.05, 3.63) is 23.8 Å². The van der Waals surface area contributed by atoms with E-state index in [0.29, 0.717) is 6.61 Å². The van der Waals surface area contributed by atoms with Gasteiger partial charge in [0.25, 0.3) is 0 Å². The number of rotatable bonds is 2. The van der Waals surface area contributed by atoms with Crippen molar-refractivity contribution in [2.45, 2.75) is 19.4 Å². The van der Waals surface area contributed by atoms with Crippen molar-refractivity contribution in [1.29, 1.82) is 0 Å². The minimum absolute atomic E-state index is 0.0772. The lowest BCUT2D eigenvalue weighted by atomic mass is 10.1. The number of carbonyl (C=O) groups is 1. The van der Waals surface area contributed by atoms with Crippen LogP contribution in [0.3, 0.4) is 0 Å². The second kappa shape index (κ2) is 3.81. The molecule has 0 spiro atoms. The number of benzene rings is 1. The van der Waals surface area contributed by atoms with Crippen LogP contribution in [0.1, 0.15) is 12.0 Å². The van der Waals surface area contributed by atoms with Gasteiger partial charge < -0.3 is 15.2 Å². The second-order valence-corrected chi connectivity index (χ2v) is 3.70. The molecule has 0 radical (unpaired) electrons. The number of ether oxygens (including phenoxy) is 1. The van der Waals surface area contributed by atoms with Gasteiger partial charge in [-0.25, -0.2) is 0 Å². The molecule has 1 aromatic rings. The van der Waals surface area contributed by atoms with E-state index in [4.69, 9.17) is 9.84 Å². The molecule has 1 aromatic carbocycles. The Kier molecular flexibility index (Phi) is 2.49. The van der Waals surface area contributed by atoms with E-state index in [-0.39, 0.29) is 12.5 Å². The molecule has 0 amide bonds. The summed E-state index contributed by atoms with van der Waals surface area (Å²) >= 11 is 0. The second-order valence-electron chi connectivity index (χ2n) is 3.70. The molecule has 15 heavy (non-hydrogen) atoms. The molecular weight excluding hydrogens is 194 g/mol. The fourth-order valence-corrected chi connectivity index (χ4v) is 1.70. The first kappa shape index (κ1) is 9.83. The first-order valence-electron chi connectivity index (χ1n) is 4.87. The van der Waals surface area contributed by atoms with Gasteiger partial charge in [-0.2, -0.15) is 0 Å². The van der Waals surface area contributed by atoms with Gasteiger partial charge >= 0.3 is 5.97 Å². The molecule has 1 heterocycles. The SMILES string of the molecule is Cc1cccc2c1NC(CC(=O)O)CO2. The third kappa shape index (κ3) is 2.03. The summed E-state index contributed by atoms with van der Waals surface area (Å²) in [6.07, 6.45) is 0.0772. The van der Waals surface area contributed by atoms with Crippen LogP contribution in [-0.2, 0) is 4.79 Å². The third-order valence-corrected chi connectivity index (χ3v) is 2.44. The number of hydrogen-bond donors (Lipinski definition) is 2. The number of carboxylic acid groups (broad SMARTS) is 1. The van der Waals surface area contributed by atoms with Crippen LogP contribution < -0.4 is 10.1 Å². The van der Waals surface area contributed by atoms with E-state index >= 15 is 0 Å². The molecule has 2 N–H and O–H groups in total. The van der Waals surface area contributed by atoms with E-state index < -0.39 is 5.97 Å². The Hall–Kier alpha value is -1.71. The fraction of sp³-hybridized carbons (Fsp3) is 0.364. The summed E-state index contributed by atoms with van der Waals surface area (Å²) in [7, 11) is 0. The molecule has 1 unspecified atom stereocenters. The van der Waals surface area contributed by atoms with Crippen molar-refractivity contribution in [1.82, 2.24) is 0 Å². The standard InChI is InChI=1S/C11H13NO3/c1-7-3-2-4-9-11(7)12-8(6-15-9)5-10(13)14/h2-4,8,12H,5-6H2,1H3,(H,13,14). The molecule has 0 fully saturated rings. The Morgan fingerprint density at radius 2 is 2.47 bits per heavy atom. The van der Waals surface area contributed by atoms with Gasteiger partial charge in [0.05, 0.1) is 18.2 Å². The van der Waals surface area contributed by atoms with Crippen molar-refractivity contribution in [3.63, 3.8) is 0 Å². The van der Waals surface area contributed by atoms with Crippen molar-refractivity contribution in [2.24, 2.45) is 0 Å². The predicted octanol–water partition coefficient (Wildman–Crippen LogP) is 1.64. The fourth-order valence-electron chi connectivity index (χ4n) is 1.70. The highest BCUT2D eigenvalue weighted by Crippen LogP contribution is 2.32. The molecule has 4 nitrogen and oxygen atoms in total. The van der Waals surface area contributed by atoms with Gasteiger partial charge in [0, 0.05) is 0 Å². The Balaban J connectivity index is 2.18. The van der Waals surface area contributed by atoms with E-state index in [1.807, 2.05) is 25.1 Å². The Bertz CT molecular complexity index is 389. The number of carboxylic acids is 1. The number of para-hydroxylation sites is 1. The molecule has 0 aromatic heterocycles.